The highest BCUT2D eigenvalue weighted by atomic mass is 16.7. The Bertz CT molecular complexity index is 989. The van der Waals surface area contributed by atoms with E-state index in [9.17, 15) is 4.79 Å². The summed E-state index contributed by atoms with van der Waals surface area (Å²) in [5.41, 5.74) is 1.29. The average molecular weight is 389 g/mol. The zero-order chi connectivity index (χ0) is 20.2. The van der Waals surface area contributed by atoms with E-state index in [0.29, 0.717) is 50.3 Å². The van der Waals surface area contributed by atoms with E-state index in [2.05, 4.69) is 25.9 Å². The van der Waals surface area contributed by atoms with Crippen molar-refractivity contribution in [1.29, 1.82) is 10.5 Å². The number of anilines is 1. The minimum absolute atomic E-state index is 0.0325. The lowest BCUT2D eigenvalue weighted by Crippen LogP contribution is -2.42. The van der Waals surface area contributed by atoms with Crippen LogP contribution in [0.5, 0.6) is 0 Å². The lowest BCUT2D eigenvalue weighted by molar-refractivity contribution is -0.182. The quantitative estimate of drug-likeness (QED) is 0.779. The molecule has 1 amide bonds. The van der Waals surface area contributed by atoms with Crippen LogP contribution in [0.1, 0.15) is 42.3 Å². The van der Waals surface area contributed by atoms with Gasteiger partial charge in [-0.05, 0) is 30.5 Å². The van der Waals surface area contributed by atoms with Crippen molar-refractivity contribution in [2.45, 2.75) is 25.3 Å². The Balaban J connectivity index is 1.42. The van der Waals surface area contributed by atoms with Crippen molar-refractivity contribution in [3.05, 3.63) is 47.7 Å². The first-order valence-electron chi connectivity index (χ1n) is 9.48. The number of piperidine rings is 1. The van der Waals surface area contributed by atoms with Crippen molar-refractivity contribution in [3.63, 3.8) is 0 Å². The van der Waals surface area contributed by atoms with Crippen LogP contribution in [0, 0.1) is 28.6 Å². The largest absolute Gasteiger partial charge is 0.356 e. The Morgan fingerprint density at radius 1 is 1.17 bits per heavy atom. The predicted octanol–water partition coefficient (Wildman–Crippen LogP) is 1.74. The summed E-state index contributed by atoms with van der Waals surface area (Å²) in [5, 5.41) is 19.5. The maximum absolute atomic E-state index is 13.1. The molecular formula is C20H19N7O2. The molecule has 0 bridgehead atoms. The maximum atomic E-state index is 13.1. The molecule has 2 aromatic rings. The summed E-state index contributed by atoms with van der Waals surface area (Å²) in [6.07, 6.45) is 6.79. The molecule has 2 aromatic heterocycles. The molecule has 0 aliphatic carbocycles. The van der Waals surface area contributed by atoms with Gasteiger partial charge < -0.3 is 4.90 Å². The van der Waals surface area contributed by atoms with Crippen molar-refractivity contribution in [3.8, 4) is 12.1 Å². The van der Waals surface area contributed by atoms with Gasteiger partial charge in [0.25, 0.3) is 0 Å². The lowest BCUT2D eigenvalue weighted by Gasteiger charge is -2.34. The molecule has 0 spiro atoms. The van der Waals surface area contributed by atoms with E-state index in [4.69, 9.17) is 15.4 Å². The molecule has 0 N–H and O–H groups in total. The summed E-state index contributed by atoms with van der Waals surface area (Å²) < 4.78 is 0. The highest BCUT2D eigenvalue weighted by molar-refractivity contribution is 5.79. The first kappa shape index (κ1) is 18.8. The Morgan fingerprint density at radius 3 is 2.76 bits per heavy atom. The highest BCUT2D eigenvalue weighted by Gasteiger charge is 2.37. The molecule has 9 nitrogen and oxygen atoms in total. The number of nitrogens with zero attached hydrogens (tertiary/aromatic N) is 7. The molecule has 146 valence electrons. The van der Waals surface area contributed by atoms with Crippen LogP contribution < -0.4 is 4.90 Å². The minimum atomic E-state index is -0.221. The van der Waals surface area contributed by atoms with Gasteiger partial charge in [-0.3, -0.25) is 14.6 Å². The number of pyridine rings is 1. The topological polar surface area (TPSA) is 119 Å². The Hall–Kier alpha value is -3.56. The van der Waals surface area contributed by atoms with Gasteiger partial charge in [0.15, 0.2) is 0 Å². The van der Waals surface area contributed by atoms with Crippen molar-refractivity contribution in [1.82, 2.24) is 20.0 Å². The zero-order valence-electron chi connectivity index (χ0n) is 15.7. The van der Waals surface area contributed by atoms with Crippen LogP contribution in [0.2, 0.25) is 0 Å². The molecule has 4 heterocycles. The number of amides is 1. The highest BCUT2D eigenvalue weighted by Crippen LogP contribution is 2.33. The number of hydrogen-bond acceptors (Lipinski definition) is 8. The predicted molar refractivity (Wildman–Crippen MR) is 101 cm³/mol. The number of nitriles is 2. The summed E-state index contributed by atoms with van der Waals surface area (Å²) in [6.45, 7) is 1.80. The molecule has 2 fully saturated rings. The van der Waals surface area contributed by atoms with E-state index in [-0.39, 0.29) is 23.7 Å². The Morgan fingerprint density at radius 2 is 2.00 bits per heavy atom. The fourth-order valence-electron chi connectivity index (χ4n) is 3.80. The molecule has 2 aliphatic rings. The van der Waals surface area contributed by atoms with Crippen LogP contribution in [0.3, 0.4) is 0 Å². The van der Waals surface area contributed by atoms with Gasteiger partial charge in [0.2, 0.25) is 11.7 Å². The van der Waals surface area contributed by atoms with Gasteiger partial charge >= 0.3 is 0 Å². The molecule has 1 unspecified atom stereocenters. The van der Waals surface area contributed by atoms with Gasteiger partial charge in [0, 0.05) is 44.0 Å². The van der Waals surface area contributed by atoms with Gasteiger partial charge in [-0.2, -0.15) is 10.5 Å². The van der Waals surface area contributed by atoms with Crippen molar-refractivity contribution in [2.75, 3.05) is 24.6 Å². The van der Waals surface area contributed by atoms with Crippen molar-refractivity contribution >= 4 is 11.7 Å². The van der Waals surface area contributed by atoms with E-state index in [1.165, 1.54) is 11.3 Å². The van der Waals surface area contributed by atoms with E-state index >= 15 is 0 Å². The van der Waals surface area contributed by atoms with E-state index in [1.54, 1.807) is 24.5 Å². The van der Waals surface area contributed by atoms with Gasteiger partial charge in [-0.25, -0.2) is 15.0 Å². The first-order valence-corrected chi connectivity index (χ1v) is 9.48. The van der Waals surface area contributed by atoms with E-state index in [0.717, 1.165) is 5.56 Å². The summed E-state index contributed by atoms with van der Waals surface area (Å²) in [5.74, 6) is 0.672. The molecular weight excluding hydrogens is 370 g/mol. The number of hydroxylamine groups is 2. The van der Waals surface area contributed by atoms with Crippen molar-refractivity contribution < 1.29 is 9.63 Å². The third-order valence-electron chi connectivity index (χ3n) is 5.30. The Labute approximate surface area is 168 Å². The summed E-state index contributed by atoms with van der Waals surface area (Å²) >= 11 is 0. The molecule has 9 heteroatoms. The Kier molecular flexibility index (Phi) is 5.32. The molecule has 1 atom stereocenters. The summed E-state index contributed by atoms with van der Waals surface area (Å²) in [7, 11) is 0. The molecule has 2 aliphatic heterocycles. The number of carbonyl (C=O) groups is 1. The smallest absolute Gasteiger partial charge is 0.249 e. The van der Waals surface area contributed by atoms with Gasteiger partial charge in [-0.15, -0.1) is 0 Å². The molecule has 4 rings (SSSR count). The number of carbonyl (C=O) groups excluding carboxylic acids is 1. The maximum Gasteiger partial charge on any atom is 0.249 e. The monoisotopic (exact) mass is 389 g/mol. The van der Waals surface area contributed by atoms with Crippen molar-refractivity contribution in [2.24, 2.45) is 5.92 Å². The SMILES string of the molecule is N#Cc1cncc(C2CCON2C(=O)C2CCN(c3ccnc(C#N)n3)CC2)c1. The molecule has 0 saturated carbocycles. The van der Waals surface area contributed by atoms with Crippen LogP contribution in [0.15, 0.2) is 30.7 Å². The van der Waals surface area contributed by atoms with Crippen LogP contribution in [0.4, 0.5) is 5.82 Å². The second-order valence-electron chi connectivity index (χ2n) is 7.03. The molecule has 2 saturated heterocycles. The van der Waals surface area contributed by atoms with E-state index in [1.807, 2.05) is 6.07 Å². The minimum Gasteiger partial charge on any atom is -0.356 e. The standard InChI is InChI=1S/C20H19N7O2/c21-10-14-9-16(13-23-12-14)17-4-8-29-27(17)20(28)15-2-6-26(7-3-15)19-1-5-24-18(11-22)25-19/h1,5,9,12-13,15,17H,2-4,6-8H2. The number of rotatable bonds is 3. The second kappa shape index (κ2) is 8.21. The van der Waals surface area contributed by atoms with Gasteiger partial charge in [0.05, 0.1) is 18.2 Å². The van der Waals surface area contributed by atoms with Gasteiger partial charge in [0.1, 0.15) is 18.0 Å². The lowest BCUT2D eigenvalue weighted by atomic mass is 9.94. The van der Waals surface area contributed by atoms with Crippen LogP contribution in [0.25, 0.3) is 0 Å². The van der Waals surface area contributed by atoms with E-state index < -0.39 is 0 Å². The van der Waals surface area contributed by atoms with Crippen LogP contribution in [-0.4, -0.2) is 45.6 Å². The molecule has 29 heavy (non-hydrogen) atoms. The number of aromatic nitrogens is 3. The summed E-state index contributed by atoms with van der Waals surface area (Å²) in [6, 6.07) is 7.35. The fourth-order valence-corrected chi connectivity index (χ4v) is 3.80. The molecule has 0 radical (unpaired) electrons. The summed E-state index contributed by atoms with van der Waals surface area (Å²) in [4.78, 5) is 33.1. The van der Waals surface area contributed by atoms with Gasteiger partial charge in [-0.1, -0.05) is 0 Å². The third-order valence-corrected chi connectivity index (χ3v) is 5.30. The average Bonchev–Trinajstić information content (AvgIpc) is 3.29. The van der Waals surface area contributed by atoms with Crippen LogP contribution in [-0.2, 0) is 9.63 Å². The normalized spacial score (nSPS) is 19.6. The fraction of sp³-hybridized carbons (Fsp3) is 0.400. The molecule has 0 aromatic carbocycles. The zero-order valence-corrected chi connectivity index (χ0v) is 15.7. The van der Waals surface area contributed by atoms with Crippen LogP contribution >= 0.6 is 0 Å². The first-order chi connectivity index (χ1) is 14.2. The number of hydrogen-bond donors (Lipinski definition) is 0. The second-order valence-corrected chi connectivity index (χ2v) is 7.03. The third kappa shape index (κ3) is 3.86.